The number of hydrogen-bond acceptors (Lipinski definition) is 4. The number of nitrogens with zero attached hydrogens (tertiary/aromatic N) is 2. The Morgan fingerprint density at radius 2 is 1.47 bits per heavy atom. The van der Waals surface area contributed by atoms with E-state index in [-0.39, 0.29) is 0 Å². The molecule has 1 aromatic carbocycles. The molecule has 1 heterocycles. The van der Waals surface area contributed by atoms with Crippen LogP contribution in [0.2, 0.25) is 0 Å². The molecule has 0 unspecified atom stereocenters. The maximum absolute atomic E-state index is 8.73. The minimum atomic E-state index is -0.805. The van der Waals surface area contributed by atoms with Crippen molar-refractivity contribution in [1.29, 1.82) is 10.5 Å². The number of ether oxygens (including phenoxy) is 2. The molecule has 2 rings (SSSR count). The Morgan fingerprint density at radius 1 is 0.933 bits per heavy atom. The molecule has 0 aliphatic carbocycles. The molecule has 0 spiro atoms. The third kappa shape index (κ3) is 1.82. The Bertz CT molecular complexity index is 396. The molecule has 0 saturated carbocycles. The molecule has 0 radical (unpaired) electrons. The lowest BCUT2D eigenvalue weighted by molar-refractivity contribution is -0.0584. The first-order valence-corrected chi connectivity index (χ1v) is 4.50. The number of rotatable bonds is 1. The monoisotopic (exact) mass is 200 g/mol. The fourth-order valence-electron chi connectivity index (χ4n) is 1.40. The smallest absolute Gasteiger partial charge is 0.187 e. The average Bonchev–Trinajstić information content (AvgIpc) is 2.73. The predicted octanol–water partition coefficient (Wildman–Crippen LogP) is 1.52. The minimum Gasteiger partial charge on any atom is -0.326 e. The SMILES string of the molecule is N#C[C@@H]1OC(c2ccccc2)O[C@H]1C#N. The van der Waals surface area contributed by atoms with Crippen LogP contribution in [0.4, 0.5) is 0 Å². The molecule has 1 saturated heterocycles. The van der Waals surface area contributed by atoms with Gasteiger partial charge < -0.3 is 9.47 Å². The quantitative estimate of drug-likeness (QED) is 0.689. The van der Waals surface area contributed by atoms with E-state index in [9.17, 15) is 0 Å². The second kappa shape index (κ2) is 4.10. The van der Waals surface area contributed by atoms with Crippen molar-refractivity contribution in [1.82, 2.24) is 0 Å². The van der Waals surface area contributed by atoms with Gasteiger partial charge in [0.15, 0.2) is 18.5 Å². The van der Waals surface area contributed by atoms with Gasteiger partial charge in [0.25, 0.3) is 0 Å². The molecule has 0 bridgehead atoms. The summed E-state index contributed by atoms with van der Waals surface area (Å²) in [5.74, 6) is 0. The van der Waals surface area contributed by atoms with Gasteiger partial charge in [-0.1, -0.05) is 30.3 Å². The lowest BCUT2D eigenvalue weighted by atomic mass is 10.2. The summed E-state index contributed by atoms with van der Waals surface area (Å²) in [7, 11) is 0. The predicted molar refractivity (Wildman–Crippen MR) is 50.2 cm³/mol. The van der Waals surface area contributed by atoms with E-state index in [1.807, 2.05) is 42.5 Å². The zero-order chi connectivity index (χ0) is 10.7. The van der Waals surface area contributed by atoms with Gasteiger partial charge in [-0.2, -0.15) is 10.5 Å². The first-order chi connectivity index (χ1) is 7.35. The van der Waals surface area contributed by atoms with E-state index in [1.165, 1.54) is 0 Å². The molecule has 1 aliphatic rings. The van der Waals surface area contributed by atoms with Crippen LogP contribution in [0.1, 0.15) is 11.9 Å². The van der Waals surface area contributed by atoms with Gasteiger partial charge in [0.05, 0.1) is 12.1 Å². The van der Waals surface area contributed by atoms with E-state index in [0.717, 1.165) is 5.56 Å². The summed E-state index contributed by atoms with van der Waals surface area (Å²) in [4.78, 5) is 0. The highest BCUT2D eigenvalue weighted by Crippen LogP contribution is 2.30. The van der Waals surface area contributed by atoms with Crippen LogP contribution < -0.4 is 0 Å². The third-order valence-electron chi connectivity index (χ3n) is 2.14. The fraction of sp³-hybridized carbons (Fsp3) is 0.273. The standard InChI is InChI=1S/C11H8N2O2/c12-6-9-10(7-13)15-11(14-9)8-4-2-1-3-5-8/h1-5,9-11H/t9-,10-/m0/s1. The summed E-state index contributed by atoms with van der Waals surface area (Å²) in [6, 6.07) is 13.0. The van der Waals surface area contributed by atoms with Crippen LogP contribution in [-0.2, 0) is 9.47 Å². The highest BCUT2D eigenvalue weighted by Gasteiger charge is 2.36. The molecule has 15 heavy (non-hydrogen) atoms. The summed E-state index contributed by atoms with van der Waals surface area (Å²) in [6.45, 7) is 0. The van der Waals surface area contributed by atoms with E-state index in [1.54, 1.807) is 0 Å². The zero-order valence-electron chi connectivity index (χ0n) is 7.83. The van der Waals surface area contributed by atoms with Crippen LogP contribution in [0.3, 0.4) is 0 Å². The molecular formula is C11H8N2O2. The van der Waals surface area contributed by atoms with Crippen LogP contribution in [0, 0.1) is 22.7 Å². The van der Waals surface area contributed by atoms with Crippen molar-refractivity contribution in [2.45, 2.75) is 18.5 Å². The van der Waals surface area contributed by atoms with Crippen molar-refractivity contribution >= 4 is 0 Å². The normalized spacial score (nSPS) is 25.7. The third-order valence-corrected chi connectivity index (χ3v) is 2.14. The van der Waals surface area contributed by atoms with Gasteiger partial charge >= 0.3 is 0 Å². The van der Waals surface area contributed by atoms with Gasteiger partial charge in [0, 0.05) is 5.56 Å². The molecule has 0 aromatic heterocycles. The summed E-state index contributed by atoms with van der Waals surface area (Å²) in [5.41, 5.74) is 0.815. The van der Waals surface area contributed by atoms with Crippen molar-refractivity contribution < 1.29 is 9.47 Å². The van der Waals surface area contributed by atoms with Crippen LogP contribution in [0.5, 0.6) is 0 Å². The van der Waals surface area contributed by atoms with Crippen molar-refractivity contribution in [3.63, 3.8) is 0 Å². The van der Waals surface area contributed by atoms with Gasteiger partial charge in [0.2, 0.25) is 0 Å². The Hall–Kier alpha value is -1.88. The highest BCUT2D eigenvalue weighted by atomic mass is 16.7. The van der Waals surface area contributed by atoms with Gasteiger partial charge in [0.1, 0.15) is 0 Å². The topological polar surface area (TPSA) is 66.0 Å². The summed E-state index contributed by atoms with van der Waals surface area (Å²) in [6.07, 6.45) is -2.22. The molecule has 4 nitrogen and oxygen atoms in total. The molecule has 74 valence electrons. The molecule has 1 aliphatic heterocycles. The number of nitriles is 2. The zero-order valence-corrected chi connectivity index (χ0v) is 7.83. The van der Waals surface area contributed by atoms with E-state index < -0.39 is 18.5 Å². The largest absolute Gasteiger partial charge is 0.326 e. The average molecular weight is 200 g/mol. The molecule has 2 atom stereocenters. The highest BCUT2D eigenvalue weighted by molar-refractivity contribution is 5.18. The summed E-state index contributed by atoms with van der Waals surface area (Å²) >= 11 is 0. The van der Waals surface area contributed by atoms with Crippen molar-refractivity contribution in [3.05, 3.63) is 35.9 Å². The maximum Gasteiger partial charge on any atom is 0.187 e. The molecule has 0 amide bonds. The van der Waals surface area contributed by atoms with Crippen LogP contribution in [0.15, 0.2) is 30.3 Å². The number of hydrogen-bond donors (Lipinski definition) is 0. The van der Waals surface area contributed by atoms with Gasteiger partial charge in [-0.15, -0.1) is 0 Å². The lowest BCUT2D eigenvalue weighted by Crippen LogP contribution is -2.17. The molecule has 0 N–H and O–H groups in total. The molecule has 4 heteroatoms. The Kier molecular flexibility index (Phi) is 2.64. The van der Waals surface area contributed by atoms with Crippen molar-refractivity contribution in [3.8, 4) is 12.1 Å². The molecule has 1 fully saturated rings. The van der Waals surface area contributed by atoms with E-state index in [2.05, 4.69) is 0 Å². The maximum atomic E-state index is 8.73. The summed E-state index contributed by atoms with van der Waals surface area (Å²) in [5, 5.41) is 17.5. The van der Waals surface area contributed by atoms with Crippen molar-refractivity contribution in [2.24, 2.45) is 0 Å². The Morgan fingerprint density at radius 3 is 1.93 bits per heavy atom. The first kappa shape index (κ1) is 9.67. The van der Waals surface area contributed by atoms with E-state index in [4.69, 9.17) is 20.0 Å². The first-order valence-electron chi connectivity index (χ1n) is 4.50. The van der Waals surface area contributed by atoms with Gasteiger partial charge in [-0.25, -0.2) is 0 Å². The molecule has 1 aromatic rings. The Balaban J connectivity index is 2.17. The Labute approximate surface area is 87.3 Å². The van der Waals surface area contributed by atoms with Gasteiger partial charge in [-0.05, 0) is 0 Å². The summed E-state index contributed by atoms with van der Waals surface area (Å²) < 4.78 is 10.6. The molecular weight excluding hydrogens is 192 g/mol. The fourth-order valence-corrected chi connectivity index (χ4v) is 1.40. The number of benzene rings is 1. The van der Waals surface area contributed by atoms with Crippen LogP contribution in [0.25, 0.3) is 0 Å². The second-order valence-electron chi connectivity index (χ2n) is 3.11. The second-order valence-corrected chi connectivity index (χ2v) is 3.11. The lowest BCUT2D eigenvalue weighted by Gasteiger charge is -2.08. The van der Waals surface area contributed by atoms with Crippen molar-refractivity contribution in [2.75, 3.05) is 0 Å². The van der Waals surface area contributed by atoms with Crippen LogP contribution >= 0.6 is 0 Å². The van der Waals surface area contributed by atoms with E-state index >= 15 is 0 Å². The van der Waals surface area contributed by atoms with Gasteiger partial charge in [-0.3, -0.25) is 0 Å². The minimum absolute atomic E-state index is 0.611. The van der Waals surface area contributed by atoms with E-state index in [0.29, 0.717) is 0 Å². The van der Waals surface area contributed by atoms with Crippen LogP contribution in [-0.4, -0.2) is 12.2 Å².